The van der Waals surface area contributed by atoms with E-state index in [0.717, 1.165) is 0 Å². The summed E-state index contributed by atoms with van der Waals surface area (Å²) in [6, 6.07) is 0. The molecule has 0 aliphatic rings. The van der Waals surface area contributed by atoms with Crippen molar-refractivity contribution in [1.82, 2.24) is 9.55 Å². The van der Waals surface area contributed by atoms with Crippen LogP contribution in [0, 0.1) is 10.1 Å². The quantitative estimate of drug-likeness (QED) is 0.572. The number of nitro groups is 1. The molecule has 0 spiro atoms. The molecular formula is C8H11N3O3. The number of nitrogens with zero attached hydrogens (tertiary/aromatic N) is 3. The lowest BCUT2D eigenvalue weighted by Gasteiger charge is -2.01. The second-order valence-electron chi connectivity index (χ2n) is 2.85. The van der Waals surface area contributed by atoms with Crippen LogP contribution in [0.3, 0.4) is 0 Å². The van der Waals surface area contributed by atoms with E-state index < -0.39 is 4.92 Å². The molecule has 1 heterocycles. The summed E-state index contributed by atoms with van der Waals surface area (Å²) in [5.74, 6) is 0.308. The third-order valence-corrected chi connectivity index (χ3v) is 1.73. The Morgan fingerprint density at radius 2 is 2.50 bits per heavy atom. The van der Waals surface area contributed by atoms with Crippen LogP contribution in [0.5, 0.6) is 0 Å². The summed E-state index contributed by atoms with van der Waals surface area (Å²) in [6.45, 7) is 5.34. The first-order valence-electron chi connectivity index (χ1n) is 4.04. The van der Waals surface area contributed by atoms with Crippen molar-refractivity contribution < 1.29 is 10.0 Å². The van der Waals surface area contributed by atoms with Gasteiger partial charge in [-0.15, -0.1) is 0 Å². The van der Waals surface area contributed by atoms with Gasteiger partial charge >= 0.3 is 5.82 Å². The van der Waals surface area contributed by atoms with Gasteiger partial charge in [-0.3, -0.25) is 0 Å². The van der Waals surface area contributed by atoms with E-state index >= 15 is 0 Å². The molecule has 0 aliphatic carbocycles. The first-order chi connectivity index (χ1) is 6.57. The van der Waals surface area contributed by atoms with Crippen molar-refractivity contribution in [2.24, 2.45) is 0 Å². The lowest BCUT2D eigenvalue weighted by molar-refractivity contribution is -0.392. The van der Waals surface area contributed by atoms with Gasteiger partial charge in [0.15, 0.2) is 0 Å². The van der Waals surface area contributed by atoms with E-state index in [1.165, 1.54) is 10.8 Å². The minimum absolute atomic E-state index is 0.128. The number of imidazole rings is 1. The zero-order chi connectivity index (χ0) is 10.7. The van der Waals surface area contributed by atoms with Crippen LogP contribution in [-0.4, -0.2) is 26.2 Å². The summed E-state index contributed by atoms with van der Waals surface area (Å²) in [7, 11) is 0. The molecule has 0 saturated heterocycles. The number of aliphatic hydroxyl groups excluding tert-OH is 1. The van der Waals surface area contributed by atoms with Crippen LogP contribution >= 0.6 is 0 Å². The summed E-state index contributed by atoms with van der Waals surface area (Å²) >= 11 is 0. The van der Waals surface area contributed by atoms with E-state index in [-0.39, 0.29) is 19.0 Å². The van der Waals surface area contributed by atoms with Crippen molar-refractivity contribution in [2.45, 2.75) is 13.5 Å². The van der Waals surface area contributed by atoms with Gasteiger partial charge in [0.25, 0.3) is 0 Å². The molecule has 0 aromatic carbocycles. The maximum atomic E-state index is 10.6. The fourth-order valence-corrected chi connectivity index (χ4v) is 1.17. The SMILES string of the molecule is C=C(C)c1ncc([N+](=O)[O-])n1CCO. The van der Waals surface area contributed by atoms with Crippen molar-refractivity contribution in [3.63, 3.8) is 0 Å². The summed E-state index contributed by atoms with van der Waals surface area (Å²) in [5, 5.41) is 19.3. The summed E-state index contributed by atoms with van der Waals surface area (Å²) < 4.78 is 1.34. The van der Waals surface area contributed by atoms with Crippen LogP contribution in [0.25, 0.3) is 5.57 Å². The zero-order valence-corrected chi connectivity index (χ0v) is 7.80. The Labute approximate surface area is 80.7 Å². The normalized spacial score (nSPS) is 10.1. The predicted molar refractivity (Wildman–Crippen MR) is 50.7 cm³/mol. The highest BCUT2D eigenvalue weighted by Crippen LogP contribution is 2.18. The number of aliphatic hydroxyl groups is 1. The highest BCUT2D eigenvalue weighted by Gasteiger charge is 2.19. The van der Waals surface area contributed by atoms with Gasteiger partial charge in [0.05, 0.1) is 6.61 Å². The molecule has 1 N–H and O–H groups in total. The molecule has 6 nitrogen and oxygen atoms in total. The van der Waals surface area contributed by atoms with E-state index in [4.69, 9.17) is 5.11 Å². The molecule has 0 radical (unpaired) electrons. The molecule has 76 valence electrons. The lowest BCUT2D eigenvalue weighted by Crippen LogP contribution is -2.08. The van der Waals surface area contributed by atoms with Crippen LogP contribution < -0.4 is 0 Å². The Morgan fingerprint density at radius 1 is 1.86 bits per heavy atom. The van der Waals surface area contributed by atoms with Crippen LogP contribution in [-0.2, 0) is 6.54 Å². The Hall–Kier alpha value is -1.69. The van der Waals surface area contributed by atoms with Crippen molar-refractivity contribution >= 4 is 11.4 Å². The molecule has 14 heavy (non-hydrogen) atoms. The number of hydrogen-bond acceptors (Lipinski definition) is 4. The first-order valence-corrected chi connectivity index (χ1v) is 4.04. The maximum Gasteiger partial charge on any atom is 0.343 e. The summed E-state index contributed by atoms with van der Waals surface area (Å²) in [4.78, 5) is 13.9. The molecule has 0 aliphatic heterocycles. The lowest BCUT2D eigenvalue weighted by atomic mass is 10.3. The number of hydrogen-bond donors (Lipinski definition) is 1. The van der Waals surface area contributed by atoms with Crippen molar-refractivity contribution in [2.75, 3.05) is 6.61 Å². The predicted octanol–water partition coefficient (Wildman–Crippen LogP) is 0.817. The molecule has 6 heteroatoms. The van der Waals surface area contributed by atoms with Gasteiger partial charge in [0.1, 0.15) is 12.7 Å². The number of allylic oxidation sites excluding steroid dienone is 1. The average molecular weight is 197 g/mol. The van der Waals surface area contributed by atoms with Crippen molar-refractivity contribution in [3.8, 4) is 0 Å². The van der Waals surface area contributed by atoms with E-state index in [0.29, 0.717) is 11.4 Å². The third kappa shape index (κ3) is 1.80. The van der Waals surface area contributed by atoms with Crippen LogP contribution in [0.15, 0.2) is 12.8 Å². The molecule has 0 atom stereocenters. The second kappa shape index (κ2) is 4.01. The van der Waals surface area contributed by atoms with Gasteiger partial charge in [0, 0.05) is 5.57 Å². The van der Waals surface area contributed by atoms with E-state index in [1.54, 1.807) is 6.92 Å². The second-order valence-corrected chi connectivity index (χ2v) is 2.85. The van der Waals surface area contributed by atoms with Crippen LogP contribution in [0.4, 0.5) is 5.82 Å². The van der Waals surface area contributed by atoms with E-state index in [1.807, 2.05) is 0 Å². The fourth-order valence-electron chi connectivity index (χ4n) is 1.17. The molecule has 1 rings (SSSR count). The minimum atomic E-state index is -0.533. The van der Waals surface area contributed by atoms with Crippen LogP contribution in [0.1, 0.15) is 12.7 Å². The fraction of sp³-hybridized carbons (Fsp3) is 0.375. The molecule has 0 bridgehead atoms. The smallest absolute Gasteiger partial charge is 0.343 e. The molecule has 1 aromatic rings. The molecule has 0 saturated carbocycles. The molecule has 0 amide bonds. The monoisotopic (exact) mass is 197 g/mol. The topological polar surface area (TPSA) is 81.2 Å². The summed E-state index contributed by atoms with van der Waals surface area (Å²) in [6.07, 6.45) is 1.17. The molecule has 0 fully saturated rings. The van der Waals surface area contributed by atoms with Crippen molar-refractivity contribution in [3.05, 3.63) is 28.7 Å². The largest absolute Gasteiger partial charge is 0.392 e. The number of rotatable bonds is 4. The van der Waals surface area contributed by atoms with Gasteiger partial charge in [-0.05, 0) is 11.8 Å². The number of aromatic nitrogens is 2. The minimum Gasteiger partial charge on any atom is -0.392 e. The standard InChI is InChI=1S/C8H11N3O3/c1-6(2)8-9-5-7(11(13)14)10(8)3-4-12/h5,12H,1,3-4H2,2H3. The maximum absolute atomic E-state index is 10.6. The third-order valence-electron chi connectivity index (χ3n) is 1.73. The Morgan fingerprint density at radius 3 is 2.93 bits per heavy atom. The van der Waals surface area contributed by atoms with Gasteiger partial charge in [-0.1, -0.05) is 6.58 Å². The highest BCUT2D eigenvalue weighted by molar-refractivity contribution is 5.56. The molecule has 1 aromatic heterocycles. The Balaban J connectivity index is 3.19. The van der Waals surface area contributed by atoms with Gasteiger partial charge < -0.3 is 15.2 Å². The van der Waals surface area contributed by atoms with E-state index in [9.17, 15) is 10.1 Å². The average Bonchev–Trinajstić information content (AvgIpc) is 2.48. The zero-order valence-electron chi connectivity index (χ0n) is 7.80. The first kappa shape index (κ1) is 10.4. The van der Waals surface area contributed by atoms with Gasteiger partial charge in [-0.25, -0.2) is 9.55 Å². The molecular weight excluding hydrogens is 186 g/mol. The highest BCUT2D eigenvalue weighted by atomic mass is 16.6. The van der Waals surface area contributed by atoms with Crippen molar-refractivity contribution in [1.29, 1.82) is 0 Å². The Bertz CT molecular complexity index is 338. The Kier molecular flexibility index (Phi) is 2.98. The van der Waals surface area contributed by atoms with Gasteiger partial charge in [0.2, 0.25) is 5.82 Å². The van der Waals surface area contributed by atoms with Gasteiger partial charge in [-0.2, -0.15) is 0 Å². The van der Waals surface area contributed by atoms with E-state index in [2.05, 4.69) is 11.6 Å². The van der Waals surface area contributed by atoms with Crippen LogP contribution in [0.2, 0.25) is 0 Å². The molecule has 0 unspecified atom stereocenters. The summed E-state index contributed by atoms with van der Waals surface area (Å²) in [5.41, 5.74) is 0.631.